The molecule has 0 aliphatic heterocycles. The summed E-state index contributed by atoms with van der Waals surface area (Å²) in [6.07, 6.45) is 3.67. The third-order valence-corrected chi connectivity index (χ3v) is 5.83. The number of halogens is 1. The van der Waals surface area contributed by atoms with E-state index in [2.05, 4.69) is 35.2 Å². The molecule has 1 aliphatic carbocycles. The summed E-state index contributed by atoms with van der Waals surface area (Å²) in [5.41, 5.74) is 6.78. The van der Waals surface area contributed by atoms with Crippen molar-refractivity contribution in [3.05, 3.63) is 51.8 Å². The summed E-state index contributed by atoms with van der Waals surface area (Å²) >= 11 is 6.54. The van der Waals surface area contributed by atoms with E-state index in [9.17, 15) is 4.79 Å². The van der Waals surface area contributed by atoms with E-state index in [0.717, 1.165) is 17.7 Å². The van der Waals surface area contributed by atoms with Gasteiger partial charge in [-0.3, -0.25) is 4.79 Å². The minimum Gasteiger partial charge on any atom is -0.469 e. The fourth-order valence-electron chi connectivity index (χ4n) is 3.89. The number of carbonyl (C=O) groups is 1. The van der Waals surface area contributed by atoms with Gasteiger partial charge in [-0.1, -0.05) is 30.7 Å². The summed E-state index contributed by atoms with van der Waals surface area (Å²) < 4.78 is 6.36. The zero-order valence-corrected chi connectivity index (χ0v) is 16.5. The molecule has 6 heteroatoms. The first kappa shape index (κ1) is 18.0. The highest BCUT2D eigenvalue weighted by Crippen LogP contribution is 2.34. The molecule has 1 aromatic carbocycles. The summed E-state index contributed by atoms with van der Waals surface area (Å²) in [6, 6.07) is 8.53. The number of ether oxygens (including phenoxy) is 1. The number of fused-ring (bicyclic) bond motifs is 2. The second kappa shape index (κ2) is 6.97. The third-order valence-electron chi connectivity index (χ3n) is 5.45. The molecule has 1 atom stereocenters. The number of esters is 1. The molecule has 2 aromatic heterocycles. The van der Waals surface area contributed by atoms with Gasteiger partial charge in [0, 0.05) is 22.9 Å². The number of hydrogen-bond donors (Lipinski definition) is 0. The van der Waals surface area contributed by atoms with Crippen molar-refractivity contribution in [1.29, 1.82) is 0 Å². The van der Waals surface area contributed by atoms with Gasteiger partial charge in [0.2, 0.25) is 0 Å². The number of aryl methyl sites for hydroxylation is 2. The van der Waals surface area contributed by atoms with E-state index in [0.29, 0.717) is 28.0 Å². The van der Waals surface area contributed by atoms with Crippen LogP contribution in [0.15, 0.2) is 24.3 Å². The molecule has 0 spiro atoms. The van der Waals surface area contributed by atoms with E-state index in [1.165, 1.54) is 31.1 Å². The molecule has 140 valence electrons. The Hall–Kier alpha value is -2.40. The van der Waals surface area contributed by atoms with Gasteiger partial charge >= 0.3 is 5.97 Å². The van der Waals surface area contributed by atoms with Crippen molar-refractivity contribution in [2.45, 2.75) is 45.4 Å². The topological polar surface area (TPSA) is 56.5 Å². The molecule has 0 N–H and O–H groups in total. The summed E-state index contributed by atoms with van der Waals surface area (Å²) in [4.78, 5) is 16.3. The number of hydrogen-bond acceptors (Lipinski definition) is 4. The molecule has 5 nitrogen and oxygen atoms in total. The molecule has 0 radical (unpaired) electrons. The van der Waals surface area contributed by atoms with Crippen LogP contribution in [0.5, 0.6) is 0 Å². The molecule has 0 amide bonds. The van der Waals surface area contributed by atoms with Crippen molar-refractivity contribution in [2.75, 3.05) is 7.11 Å². The van der Waals surface area contributed by atoms with E-state index in [1.807, 2.05) is 13.0 Å². The lowest BCUT2D eigenvalue weighted by Gasteiger charge is -2.22. The number of rotatable bonds is 3. The molecular weight excluding hydrogens is 362 g/mol. The Balaban J connectivity index is 1.78. The molecule has 0 bridgehead atoms. The molecular formula is C21H22ClN3O2. The summed E-state index contributed by atoms with van der Waals surface area (Å²) in [6.45, 7) is 4.13. The predicted octanol–water partition coefficient (Wildman–Crippen LogP) is 4.51. The standard InChI is InChI=1S/C21H22ClN3O2/c1-12-5-4-6-14-9-15(7-8-16(12)14)18-11-19-23-13(2)17(10-20(26)27-3)21(22)25(19)24-18/h7-9,11-12H,4-6,10H2,1-3H3/t12-/m0/s1. The third kappa shape index (κ3) is 3.21. The van der Waals surface area contributed by atoms with Crippen molar-refractivity contribution >= 4 is 23.2 Å². The summed E-state index contributed by atoms with van der Waals surface area (Å²) in [5, 5.41) is 5.06. The van der Waals surface area contributed by atoms with E-state index < -0.39 is 0 Å². The first-order chi connectivity index (χ1) is 13.0. The van der Waals surface area contributed by atoms with E-state index in [-0.39, 0.29) is 12.4 Å². The Morgan fingerprint density at radius 2 is 2.19 bits per heavy atom. The number of carbonyl (C=O) groups excluding carboxylic acids is 1. The van der Waals surface area contributed by atoms with Crippen LogP contribution in [0.1, 0.15) is 48.1 Å². The number of methoxy groups -OCH3 is 1. The van der Waals surface area contributed by atoms with Gasteiger partial charge in [0.05, 0.1) is 19.2 Å². The average Bonchev–Trinajstić information content (AvgIpc) is 3.09. The Kier molecular flexibility index (Phi) is 4.64. The van der Waals surface area contributed by atoms with E-state index >= 15 is 0 Å². The highest BCUT2D eigenvalue weighted by atomic mass is 35.5. The summed E-state index contributed by atoms with van der Waals surface area (Å²) in [7, 11) is 1.36. The lowest BCUT2D eigenvalue weighted by Crippen LogP contribution is -2.10. The van der Waals surface area contributed by atoms with Crippen LogP contribution < -0.4 is 0 Å². The van der Waals surface area contributed by atoms with Crippen molar-refractivity contribution in [3.8, 4) is 11.3 Å². The van der Waals surface area contributed by atoms with Crippen molar-refractivity contribution < 1.29 is 9.53 Å². The molecule has 27 heavy (non-hydrogen) atoms. The van der Waals surface area contributed by atoms with Gasteiger partial charge < -0.3 is 4.74 Å². The monoisotopic (exact) mass is 383 g/mol. The quantitative estimate of drug-likeness (QED) is 0.493. The molecule has 3 aromatic rings. The first-order valence-electron chi connectivity index (χ1n) is 9.22. The average molecular weight is 384 g/mol. The minimum atomic E-state index is -0.350. The molecule has 2 heterocycles. The Bertz CT molecular complexity index is 1040. The SMILES string of the molecule is COC(=O)Cc1c(C)nc2cc(-c3ccc4c(c3)CCC[C@@H]4C)nn2c1Cl. The Labute approximate surface area is 163 Å². The zero-order valence-electron chi connectivity index (χ0n) is 15.8. The molecule has 0 unspecified atom stereocenters. The molecule has 0 saturated carbocycles. The number of benzene rings is 1. The molecule has 0 saturated heterocycles. The second-order valence-electron chi connectivity index (χ2n) is 7.23. The largest absolute Gasteiger partial charge is 0.469 e. The van der Waals surface area contributed by atoms with Crippen LogP contribution in [0.25, 0.3) is 16.9 Å². The second-order valence-corrected chi connectivity index (χ2v) is 7.58. The summed E-state index contributed by atoms with van der Waals surface area (Å²) in [5.74, 6) is 0.265. The lowest BCUT2D eigenvalue weighted by molar-refractivity contribution is -0.139. The van der Waals surface area contributed by atoms with Gasteiger partial charge in [-0.25, -0.2) is 9.50 Å². The highest BCUT2D eigenvalue weighted by Gasteiger charge is 2.19. The van der Waals surface area contributed by atoms with Gasteiger partial charge in [0.25, 0.3) is 0 Å². The normalized spacial score (nSPS) is 16.4. The molecule has 0 fully saturated rings. The van der Waals surface area contributed by atoms with Crippen molar-refractivity contribution in [3.63, 3.8) is 0 Å². The Morgan fingerprint density at radius 3 is 2.96 bits per heavy atom. The number of aromatic nitrogens is 3. The zero-order chi connectivity index (χ0) is 19.1. The van der Waals surface area contributed by atoms with Gasteiger partial charge in [0.1, 0.15) is 5.15 Å². The van der Waals surface area contributed by atoms with Crippen LogP contribution >= 0.6 is 11.6 Å². The van der Waals surface area contributed by atoms with Gasteiger partial charge in [-0.15, -0.1) is 0 Å². The Morgan fingerprint density at radius 1 is 1.37 bits per heavy atom. The highest BCUT2D eigenvalue weighted by molar-refractivity contribution is 6.30. The van der Waals surface area contributed by atoms with Crippen LogP contribution in [-0.2, 0) is 22.4 Å². The minimum absolute atomic E-state index is 0.0794. The maximum absolute atomic E-state index is 11.7. The van der Waals surface area contributed by atoms with Gasteiger partial charge in [-0.2, -0.15) is 5.10 Å². The number of nitrogens with zero attached hydrogens (tertiary/aromatic N) is 3. The fourth-order valence-corrected chi connectivity index (χ4v) is 4.21. The van der Waals surface area contributed by atoms with Gasteiger partial charge in [0.15, 0.2) is 5.65 Å². The maximum Gasteiger partial charge on any atom is 0.310 e. The molecule has 4 rings (SSSR count). The van der Waals surface area contributed by atoms with Crippen LogP contribution in [0.3, 0.4) is 0 Å². The van der Waals surface area contributed by atoms with Crippen molar-refractivity contribution in [1.82, 2.24) is 14.6 Å². The van der Waals surface area contributed by atoms with Crippen LogP contribution in [0.2, 0.25) is 5.15 Å². The van der Waals surface area contributed by atoms with E-state index in [4.69, 9.17) is 16.3 Å². The maximum atomic E-state index is 11.7. The van der Waals surface area contributed by atoms with Crippen LogP contribution in [0.4, 0.5) is 0 Å². The van der Waals surface area contributed by atoms with Crippen molar-refractivity contribution in [2.24, 2.45) is 0 Å². The smallest absolute Gasteiger partial charge is 0.310 e. The van der Waals surface area contributed by atoms with Gasteiger partial charge in [-0.05, 0) is 49.3 Å². The first-order valence-corrected chi connectivity index (χ1v) is 9.60. The van der Waals surface area contributed by atoms with E-state index in [1.54, 1.807) is 4.52 Å². The predicted molar refractivity (Wildman–Crippen MR) is 105 cm³/mol. The van der Waals surface area contributed by atoms with Crippen LogP contribution in [0, 0.1) is 6.92 Å². The molecule has 1 aliphatic rings. The lowest BCUT2D eigenvalue weighted by atomic mass is 9.83. The fraction of sp³-hybridized carbons (Fsp3) is 0.381. The van der Waals surface area contributed by atoms with Crippen LogP contribution in [-0.4, -0.2) is 27.7 Å².